The highest BCUT2D eigenvalue weighted by Crippen LogP contribution is 2.35. The lowest BCUT2D eigenvalue weighted by Gasteiger charge is -2.07. The Morgan fingerprint density at radius 2 is 1.87 bits per heavy atom. The summed E-state index contributed by atoms with van der Waals surface area (Å²) in [6, 6.07) is 3.39. The van der Waals surface area contributed by atoms with Gasteiger partial charge in [0.05, 0.1) is 5.56 Å². The van der Waals surface area contributed by atoms with E-state index in [2.05, 4.69) is 0 Å². The number of fused-ring (bicyclic) bond motifs is 1. The molecular formula is C10H6F4O. The van der Waals surface area contributed by atoms with Crippen LogP contribution >= 0.6 is 0 Å². The summed E-state index contributed by atoms with van der Waals surface area (Å²) in [5, 5.41) is 0.331. The van der Waals surface area contributed by atoms with Crippen LogP contribution in [0.25, 0.3) is 11.0 Å². The summed E-state index contributed by atoms with van der Waals surface area (Å²) < 4.78 is 55.1. The van der Waals surface area contributed by atoms with E-state index in [0.29, 0.717) is 17.2 Å². The molecule has 80 valence electrons. The molecule has 0 bridgehead atoms. The normalized spacial score (nSPS) is 12.3. The lowest BCUT2D eigenvalue weighted by atomic mass is 10.1. The van der Waals surface area contributed by atoms with E-state index in [-0.39, 0.29) is 5.58 Å². The van der Waals surface area contributed by atoms with Gasteiger partial charge >= 0.3 is 6.18 Å². The zero-order chi connectivity index (χ0) is 11.2. The van der Waals surface area contributed by atoms with Gasteiger partial charge in [-0.2, -0.15) is 13.2 Å². The van der Waals surface area contributed by atoms with Crippen molar-refractivity contribution in [2.75, 3.05) is 0 Å². The van der Waals surface area contributed by atoms with Crippen molar-refractivity contribution in [2.45, 2.75) is 13.1 Å². The van der Waals surface area contributed by atoms with Crippen LogP contribution in [0, 0.1) is 12.7 Å². The van der Waals surface area contributed by atoms with Gasteiger partial charge in [0.1, 0.15) is 5.76 Å². The first-order valence-electron chi connectivity index (χ1n) is 4.15. The maximum Gasteiger partial charge on any atom is 0.419 e. The van der Waals surface area contributed by atoms with Gasteiger partial charge < -0.3 is 4.42 Å². The van der Waals surface area contributed by atoms with Gasteiger partial charge in [-0.25, -0.2) is 4.39 Å². The summed E-state index contributed by atoms with van der Waals surface area (Å²) in [4.78, 5) is 0. The highest BCUT2D eigenvalue weighted by atomic mass is 19.4. The fraction of sp³-hybridized carbons (Fsp3) is 0.200. The van der Waals surface area contributed by atoms with Crippen LogP contribution in [0.3, 0.4) is 0 Å². The lowest BCUT2D eigenvalue weighted by Crippen LogP contribution is -2.07. The topological polar surface area (TPSA) is 13.1 Å². The van der Waals surface area contributed by atoms with Gasteiger partial charge in [-0.15, -0.1) is 0 Å². The minimum Gasteiger partial charge on any atom is -0.458 e. The van der Waals surface area contributed by atoms with E-state index in [1.165, 1.54) is 12.1 Å². The molecule has 0 N–H and O–H groups in total. The second kappa shape index (κ2) is 2.98. The summed E-state index contributed by atoms with van der Waals surface area (Å²) in [6.07, 6.45) is -4.70. The molecule has 0 radical (unpaired) electrons. The Bertz CT molecular complexity index is 510. The Hall–Kier alpha value is -1.52. The van der Waals surface area contributed by atoms with E-state index in [4.69, 9.17) is 4.42 Å². The Morgan fingerprint density at radius 3 is 2.47 bits per heavy atom. The van der Waals surface area contributed by atoms with Gasteiger partial charge in [0.25, 0.3) is 0 Å². The quantitative estimate of drug-likeness (QED) is 0.611. The molecule has 0 atom stereocenters. The minimum absolute atomic E-state index is 0.331. The number of benzene rings is 1. The van der Waals surface area contributed by atoms with E-state index >= 15 is 0 Å². The zero-order valence-electron chi connectivity index (χ0n) is 7.65. The van der Waals surface area contributed by atoms with Gasteiger partial charge in [-0.05, 0) is 19.1 Å². The van der Waals surface area contributed by atoms with Gasteiger partial charge in [0, 0.05) is 5.39 Å². The van der Waals surface area contributed by atoms with Crippen LogP contribution in [0.5, 0.6) is 0 Å². The number of furan rings is 1. The first-order chi connectivity index (χ1) is 6.89. The van der Waals surface area contributed by atoms with Gasteiger partial charge in [0.2, 0.25) is 0 Å². The zero-order valence-corrected chi connectivity index (χ0v) is 7.65. The molecule has 0 spiro atoms. The number of hydrogen-bond donors (Lipinski definition) is 0. The SMILES string of the molecule is Cc1cc2ccc(C(F)(F)F)c(F)c2o1. The lowest BCUT2D eigenvalue weighted by molar-refractivity contribution is -0.139. The number of rotatable bonds is 0. The molecule has 0 unspecified atom stereocenters. The van der Waals surface area contributed by atoms with E-state index in [1.807, 2.05) is 0 Å². The Kier molecular flexibility index (Phi) is 1.99. The predicted molar refractivity (Wildman–Crippen MR) is 45.9 cm³/mol. The van der Waals surface area contributed by atoms with Crippen molar-refractivity contribution in [1.82, 2.24) is 0 Å². The first-order valence-corrected chi connectivity index (χ1v) is 4.15. The second-order valence-corrected chi connectivity index (χ2v) is 3.20. The number of hydrogen-bond acceptors (Lipinski definition) is 1. The molecule has 0 aliphatic heterocycles. The smallest absolute Gasteiger partial charge is 0.419 e. The molecule has 1 aromatic heterocycles. The molecule has 0 fully saturated rings. The molecule has 2 aromatic rings. The molecule has 0 amide bonds. The third kappa shape index (κ3) is 1.58. The van der Waals surface area contributed by atoms with Crippen LogP contribution in [0.4, 0.5) is 17.6 Å². The summed E-state index contributed by atoms with van der Waals surface area (Å²) in [5.74, 6) is -0.976. The fourth-order valence-electron chi connectivity index (χ4n) is 1.42. The Balaban J connectivity index is 2.75. The molecule has 2 rings (SSSR count). The van der Waals surface area contributed by atoms with Gasteiger partial charge in [-0.1, -0.05) is 6.07 Å². The van der Waals surface area contributed by atoms with Crippen LogP contribution in [0.1, 0.15) is 11.3 Å². The van der Waals surface area contributed by atoms with E-state index in [9.17, 15) is 17.6 Å². The summed E-state index contributed by atoms with van der Waals surface area (Å²) in [7, 11) is 0. The highest BCUT2D eigenvalue weighted by Gasteiger charge is 2.35. The van der Waals surface area contributed by atoms with Crippen molar-refractivity contribution in [3.63, 3.8) is 0 Å². The van der Waals surface area contributed by atoms with Gasteiger partial charge in [0.15, 0.2) is 11.4 Å². The molecule has 15 heavy (non-hydrogen) atoms. The van der Waals surface area contributed by atoms with Crippen molar-refractivity contribution in [3.05, 3.63) is 35.3 Å². The van der Waals surface area contributed by atoms with Crippen LogP contribution < -0.4 is 0 Å². The van der Waals surface area contributed by atoms with Crippen molar-refractivity contribution < 1.29 is 22.0 Å². The van der Waals surface area contributed by atoms with Crippen molar-refractivity contribution in [1.29, 1.82) is 0 Å². The number of aryl methyl sites for hydroxylation is 1. The van der Waals surface area contributed by atoms with E-state index in [1.54, 1.807) is 6.92 Å². The molecular weight excluding hydrogens is 212 g/mol. The second-order valence-electron chi connectivity index (χ2n) is 3.20. The summed E-state index contributed by atoms with van der Waals surface area (Å²) in [5.41, 5.74) is -1.65. The molecule has 5 heteroatoms. The van der Waals surface area contributed by atoms with Crippen LogP contribution in [0.2, 0.25) is 0 Å². The molecule has 0 saturated heterocycles. The van der Waals surface area contributed by atoms with Crippen molar-refractivity contribution in [3.8, 4) is 0 Å². The summed E-state index contributed by atoms with van der Waals surface area (Å²) in [6.45, 7) is 1.55. The molecule has 0 aliphatic carbocycles. The third-order valence-electron chi connectivity index (χ3n) is 2.05. The van der Waals surface area contributed by atoms with Crippen LogP contribution in [0.15, 0.2) is 22.6 Å². The molecule has 0 aliphatic rings. The average molecular weight is 218 g/mol. The highest BCUT2D eigenvalue weighted by molar-refractivity contribution is 5.79. The third-order valence-corrected chi connectivity index (χ3v) is 2.05. The maximum atomic E-state index is 13.4. The van der Waals surface area contributed by atoms with Crippen LogP contribution in [-0.2, 0) is 6.18 Å². The molecule has 1 aromatic carbocycles. The van der Waals surface area contributed by atoms with E-state index in [0.717, 1.165) is 0 Å². The number of halogens is 4. The molecule has 0 saturated carbocycles. The summed E-state index contributed by atoms with van der Waals surface area (Å²) >= 11 is 0. The van der Waals surface area contributed by atoms with Crippen LogP contribution in [-0.4, -0.2) is 0 Å². The predicted octanol–water partition coefficient (Wildman–Crippen LogP) is 3.90. The van der Waals surface area contributed by atoms with Gasteiger partial charge in [-0.3, -0.25) is 0 Å². The average Bonchev–Trinajstić information content (AvgIpc) is 2.44. The Morgan fingerprint density at radius 1 is 1.20 bits per heavy atom. The Labute approximate surface area is 82.3 Å². The number of alkyl halides is 3. The largest absolute Gasteiger partial charge is 0.458 e. The fourth-order valence-corrected chi connectivity index (χ4v) is 1.42. The van der Waals surface area contributed by atoms with Crippen molar-refractivity contribution >= 4 is 11.0 Å². The monoisotopic (exact) mass is 218 g/mol. The maximum absolute atomic E-state index is 13.4. The van der Waals surface area contributed by atoms with E-state index < -0.39 is 17.6 Å². The standard InChI is InChI=1S/C10H6F4O/c1-5-4-6-2-3-7(10(12,13)14)8(11)9(6)15-5/h2-4H,1H3. The molecule has 1 heterocycles. The first kappa shape index (κ1) is 10.0. The van der Waals surface area contributed by atoms with Crippen molar-refractivity contribution in [2.24, 2.45) is 0 Å². The minimum atomic E-state index is -4.70. The molecule has 1 nitrogen and oxygen atoms in total.